The van der Waals surface area contributed by atoms with Gasteiger partial charge < -0.3 is 19.3 Å². The van der Waals surface area contributed by atoms with E-state index in [-0.39, 0.29) is 10.5 Å². The average molecular weight is 471 g/mol. The smallest absolute Gasteiger partial charge is 0.338 e. The van der Waals surface area contributed by atoms with Crippen LogP contribution in [0.4, 0.5) is 0 Å². The molecule has 2 aromatic carbocycles. The maximum atomic E-state index is 12.8. The van der Waals surface area contributed by atoms with Crippen LogP contribution in [-0.4, -0.2) is 57.3 Å². The Morgan fingerprint density at radius 2 is 1.68 bits per heavy atom. The summed E-state index contributed by atoms with van der Waals surface area (Å²) in [6.07, 6.45) is -6.20. The zero-order valence-electron chi connectivity index (χ0n) is 17.1. The molecule has 1 aliphatic heterocycles. The Morgan fingerprint density at radius 3 is 2.26 bits per heavy atom. The lowest BCUT2D eigenvalue weighted by atomic mass is 9.99. The Hall–Kier alpha value is -2.01. The highest BCUT2D eigenvalue weighted by atomic mass is 35.5. The first-order valence-electron chi connectivity index (χ1n) is 9.45. The van der Waals surface area contributed by atoms with Crippen LogP contribution in [-0.2, 0) is 28.5 Å². The largest absolute Gasteiger partial charge is 0.453 e. The van der Waals surface area contributed by atoms with Gasteiger partial charge in [0, 0.05) is 12.1 Å². The summed E-state index contributed by atoms with van der Waals surface area (Å²) in [4.78, 5) is 12.5. The molecule has 1 N–H and O–H groups in total. The number of esters is 1. The van der Waals surface area contributed by atoms with E-state index in [1.165, 1.54) is 43.5 Å². The van der Waals surface area contributed by atoms with E-state index in [0.29, 0.717) is 5.02 Å². The fraction of sp³-hybridized carbons (Fsp3) is 0.381. The molecule has 168 valence electrons. The molecule has 2 aromatic rings. The van der Waals surface area contributed by atoms with E-state index in [1.807, 2.05) is 6.92 Å². The summed E-state index contributed by atoms with van der Waals surface area (Å²) in [5.41, 5.74) is 1.04. The van der Waals surface area contributed by atoms with Crippen molar-refractivity contribution in [1.29, 1.82) is 0 Å². The Kier molecular flexibility index (Phi) is 7.35. The lowest BCUT2D eigenvalue weighted by Gasteiger charge is -2.41. The number of aliphatic hydroxyl groups is 1. The van der Waals surface area contributed by atoms with Crippen LogP contribution >= 0.6 is 11.6 Å². The second kappa shape index (κ2) is 9.64. The molecule has 5 atom stereocenters. The molecule has 8 nitrogen and oxygen atoms in total. The molecule has 0 aromatic heterocycles. The van der Waals surface area contributed by atoms with E-state index < -0.39 is 46.8 Å². The van der Waals surface area contributed by atoms with Gasteiger partial charge in [0.15, 0.2) is 18.5 Å². The van der Waals surface area contributed by atoms with E-state index in [1.54, 1.807) is 19.1 Å². The molecule has 0 spiro atoms. The lowest BCUT2D eigenvalue weighted by molar-refractivity contribution is -0.278. The van der Waals surface area contributed by atoms with Gasteiger partial charge in [-0.1, -0.05) is 29.3 Å². The fourth-order valence-corrected chi connectivity index (χ4v) is 4.30. The van der Waals surface area contributed by atoms with Gasteiger partial charge in [0.2, 0.25) is 0 Å². The molecule has 0 bridgehead atoms. The van der Waals surface area contributed by atoms with Crippen molar-refractivity contribution < 1.29 is 36.7 Å². The number of carbonyl (C=O) groups excluding carboxylic acids is 1. The van der Waals surface area contributed by atoms with Crippen molar-refractivity contribution in [2.45, 2.75) is 49.4 Å². The third kappa shape index (κ3) is 5.43. The van der Waals surface area contributed by atoms with Crippen LogP contribution in [0.3, 0.4) is 0 Å². The van der Waals surface area contributed by atoms with E-state index in [0.717, 1.165) is 5.56 Å². The molecule has 0 radical (unpaired) electrons. The van der Waals surface area contributed by atoms with Crippen molar-refractivity contribution in [3.63, 3.8) is 0 Å². The van der Waals surface area contributed by atoms with Gasteiger partial charge in [-0.05, 0) is 50.2 Å². The zero-order valence-corrected chi connectivity index (χ0v) is 18.7. The highest BCUT2D eigenvalue weighted by Gasteiger charge is 2.49. The zero-order chi connectivity index (χ0) is 22.8. The molecule has 0 saturated carbocycles. The summed E-state index contributed by atoms with van der Waals surface area (Å²) in [6, 6.07) is 11.9. The van der Waals surface area contributed by atoms with E-state index in [2.05, 4.69) is 0 Å². The number of rotatable bonds is 6. The van der Waals surface area contributed by atoms with Crippen LogP contribution in [0.25, 0.3) is 0 Å². The quantitative estimate of drug-likeness (QED) is 0.507. The number of methoxy groups -OCH3 is 1. The number of carbonyl (C=O) groups is 1. The molecule has 0 aliphatic carbocycles. The second-order valence-electron chi connectivity index (χ2n) is 7.14. The van der Waals surface area contributed by atoms with Gasteiger partial charge >= 0.3 is 5.97 Å². The SMILES string of the molecule is CO[C@H]1O[C@@H](C)[C@H](O)[C@@H](OC(=O)c2ccc(Cl)cc2)[C@H]1OS(=O)(=O)c1ccc(C)cc1. The van der Waals surface area contributed by atoms with E-state index in [4.69, 9.17) is 30.0 Å². The van der Waals surface area contributed by atoms with Crippen LogP contribution in [0, 0.1) is 6.92 Å². The molecule has 1 saturated heterocycles. The Morgan fingerprint density at radius 1 is 1.06 bits per heavy atom. The highest BCUT2D eigenvalue weighted by Crippen LogP contribution is 2.30. The van der Waals surface area contributed by atoms with Gasteiger partial charge in [0.25, 0.3) is 10.1 Å². The van der Waals surface area contributed by atoms with Crippen molar-refractivity contribution in [2.75, 3.05) is 7.11 Å². The fourth-order valence-electron chi connectivity index (χ4n) is 3.10. The molecule has 1 fully saturated rings. The first kappa shape index (κ1) is 23.6. The molecule has 31 heavy (non-hydrogen) atoms. The number of aryl methyl sites for hydroxylation is 1. The standard InChI is InChI=1S/C21H23ClO8S/c1-12-4-10-16(11-5-12)31(25,26)30-19-18(17(23)13(2)28-21(19)27-3)29-20(24)14-6-8-15(22)9-7-14/h4-11,13,17-19,21,23H,1-3H3/t13-,17-,18+,19+,21-/m0/s1. The van der Waals surface area contributed by atoms with Gasteiger partial charge in [-0.15, -0.1) is 0 Å². The molecule has 1 heterocycles. The third-order valence-electron chi connectivity index (χ3n) is 4.86. The number of aliphatic hydroxyl groups excluding tert-OH is 1. The maximum Gasteiger partial charge on any atom is 0.338 e. The minimum Gasteiger partial charge on any atom is -0.453 e. The molecule has 10 heteroatoms. The Bertz CT molecular complexity index is 1010. The van der Waals surface area contributed by atoms with Gasteiger partial charge in [0.05, 0.1) is 16.6 Å². The molecule has 1 aliphatic rings. The van der Waals surface area contributed by atoms with Crippen LogP contribution in [0.15, 0.2) is 53.4 Å². The summed E-state index contributed by atoms with van der Waals surface area (Å²) in [7, 11) is -2.99. The predicted octanol–water partition coefficient (Wildman–Crippen LogP) is 2.70. The number of hydrogen-bond acceptors (Lipinski definition) is 8. The summed E-state index contributed by atoms with van der Waals surface area (Å²) >= 11 is 5.84. The van der Waals surface area contributed by atoms with Crippen molar-refractivity contribution in [3.05, 3.63) is 64.7 Å². The van der Waals surface area contributed by atoms with Gasteiger partial charge in [0.1, 0.15) is 6.10 Å². The first-order valence-corrected chi connectivity index (χ1v) is 11.2. The highest BCUT2D eigenvalue weighted by molar-refractivity contribution is 7.86. The second-order valence-corrected chi connectivity index (χ2v) is 9.15. The van der Waals surface area contributed by atoms with Gasteiger partial charge in [-0.3, -0.25) is 4.18 Å². The monoisotopic (exact) mass is 470 g/mol. The number of hydrogen-bond donors (Lipinski definition) is 1. The number of ether oxygens (including phenoxy) is 3. The van der Waals surface area contributed by atoms with Crippen molar-refractivity contribution in [2.24, 2.45) is 0 Å². The van der Waals surface area contributed by atoms with Crippen LogP contribution in [0.5, 0.6) is 0 Å². The maximum absolute atomic E-state index is 12.8. The Balaban J connectivity index is 1.90. The summed E-state index contributed by atoms with van der Waals surface area (Å²) in [6.45, 7) is 3.36. The third-order valence-corrected chi connectivity index (χ3v) is 6.44. The minimum atomic E-state index is -4.28. The summed E-state index contributed by atoms with van der Waals surface area (Å²) < 4.78 is 47.2. The van der Waals surface area contributed by atoms with Crippen molar-refractivity contribution >= 4 is 27.7 Å². The molecule has 3 rings (SSSR count). The van der Waals surface area contributed by atoms with Crippen LogP contribution < -0.4 is 0 Å². The number of halogens is 1. The van der Waals surface area contributed by atoms with E-state index in [9.17, 15) is 18.3 Å². The van der Waals surface area contributed by atoms with Crippen molar-refractivity contribution in [3.8, 4) is 0 Å². The van der Waals surface area contributed by atoms with Gasteiger partial charge in [-0.25, -0.2) is 4.79 Å². The number of benzene rings is 2. The van der Waals surface area contributed by atoms with Crippen LogP contribution in [0.2, 0.25) is 5.02 Å². The average Bonchev–Trinajstić information content (AvgIpc) is 2.73. The molecular formula is C21H23ClO8S. The van der Waals surface area contributed by atoms with E-state index >= 15 is 0 Å². The summed E-state index contributed by atoms with van der Waals surface area (Å²) in [5, 5.41) is 11.0. The first-order chi connectivity index (χ1) is 14.6. The van der Waals surface area contributed by atoms with Crippen LogP contribution in [0.1, 0.15) is 22.8 Å². The molecule has 0 amide bonds. The summed E-state index contributed by atoms with van der Waals surface area (Å²) in [5.74, 6) is -0.786. The molecular weight excluding hydrogens is 448 g/mol. The lowest BCUT2D eigenvalue weighted by Crippen LogP contribution is -2.60. The normalized spacial score (nSPS) is 26.4. The predicted molar refractivity (Wildman–Crippen MR) is 111 cm³/mol. The molecule has 0 unspecified atom stereocenters. The minimum absolute atomic E-state index is 0.0937. The Labute approximate surface area is 185 Å². The van der Waals surface area contributed by atoms with Gasteiger partial charge in [-0.2, -0.15) is 8.42 Å². The van der Waals surface area contributed by atoms with Crippen molar-refractivity contribution in [1.82, 2.24) is 0 Å². The topological polar surface area (TPSA) is 108 Å².